The van der Waals surface area contributed by atoms with Crippen LogP contribution in [0.1, 0.15) is 30.1 Å². The molecule has 0 aromatic heterocycles. The van der Waals surface area contributed by atoms with Crippen LogP contribution in [-0.4, -0.2) is 30.7 Å². The van der Waals surface area contributed by atoms with Gasteiger partial charge in [-0.25, -0.2) is 0 Å². The highest BCUT2D eigenvalue weighted by Gasteiger charge is 2.07. The van der Waals surface area contributed by atoms with Crippen molar-refractivity contribution in [1.29, 1.82) is 0 Å². The molecule has 1 aromatic rings. The van der Waals surface area contributed by atoms with E-state index in [2.05, 4.69) is 10.6 Å². The van der Waals surface area contributed by atoms with Crippen molar-refractivity contribution in [2.24, 2.45) is 0 Å². The Morgan fingerprint density at radius 2 is 2.22 bits per heavy atom. The number of nitrogens with one attached hydrogen (secondary N) is 2. The van der Waals surface area contributed by atoms with Gasteiger partial charge in [0.15, 0.2) is 0 Å². The Hall–Kier alpha value is -1.75. The molecule has 5 heteroatoms. The standard InChI is InChI=1S/C13H21N3O2/c1-3-4-10(17)8-16-12-6-5-9(7-11(12)14)13(18)15-2/h5-7,10,16-17H,3-4,8,14H2,1-2H3,(H,15,18). The van der Waals surface area contributed by atoms with Crippen molar-refractivity contribution >= 4 is 17.3 Å². The van der Waals surface area contributed by atoms with Crippen molar-refractivity contribution in [2.75, 3.05) is 24.6 Å². The molecule has 0 spiro atoms. The fourth-order valence-electron chi connectivity index (χ4n) is 1.67. The number of nitrogens with two attached hydrogens (primary N) is 1. The number of aliphatic hydroxyl groups excluding tert-OH is 1. The van der Waals surface area contributed by atoms with Crippen LogP contribution in [0, 0.1) is 0 Å². The highest BCUT2D eigenvalue weighted by atomic mass is 16.3. The zero-order chi connectivity index (χ0) is 13.5. The second-order valence-electron chi connectivity index (χ2n) is 4.20. The summed E-state index contributed by atoms with van der Waals surface area (Å²) in [6, 6.07) is 5.07. The van der Waals surface area contributed by atoms with Gasteiger partial charge in [-0.15, -0.1) is 0 Å². The molecule has 1 aromatic carbocycles. The van der Waals surface area contributed by atoms with E-state index in [4.69, 9.17) is 5.73 Å². The van der Waals surface area contributed by atoms with Crippen LogP contribution in [0.3, 0.4) is 0 Å². The lowest BCUT2D eigenvalue weighted by atomic mass is 10.1. The van der Waals surface area contributed by atoms with Crippen LogP contribution < -0.4 is 16.4 Å². The molecular weight excluding hydrogens is 230 g/mol. The van der Waals surface area contributed by atoms with Crippen LogP contribution in [-0.2, 0) is 0 Å². The Labute approximate surface area is 107 Å². The SMILES string of the molecule is CCCC(O)CNc1ccc(C(=O)NC)cc1N. The molecule has 1 atom stereocenters. The van der Waals surface area contributed by atoms with E-state index in [1.165, 1.54) is 0 Å². The van der Waals surface area contributed by atoms with Crippen LogP contribution >= 0.6 is 0 Å². The van der Waals surface area contributed by atoms with Gasteiger partial charge in [-0.1, -0.05) is 13.3 Å². The lowest BCUT2D eigenvalue weighted by molar-refractivity contribution is 0.0963. The molecule has 0 saturated heterocycles. The van der Waals surface area contributed by atoms with E-state index < -0.39 is 0 Å². The maximum Gasteiger partial charge on any atom is 0.251 e. The van der Waals surface area contributed by atoms with Gasteiger partial charge in [0, 0.05) is 19.2 Å². The van der Waals surface area contributed by atoms with E-state index in [-0.39, 0.29) is 12.0 Å². The molecule has 0 aliphatic rings. The Balaban J connectivity index is 2.65. The van der Waals surface area contributed by atoms with Crippen molar-refractivity contribution in [2.45, 2.75) is 25.9 Å². The second-order valence-corrected chi connectivity index (χ2v) is 4.20. The van der Waals surface area contributed by atoms with Crippen LogP contribution in [0.2, 0.25) is 0 Å². The average molecular weight is 251 g/mol. The predicted octanol–water partition coefficient (Wildman–Crippen LogP) is 1.20. The molecule has 1 unspecified atom stereocenters. The number of carbonyl (C=O) groups is 1. The van der Waals surface area contributed by atoms with Gasteiger partial charge in [0.05, 0.1) is 17.5 Å². The van der Waals surface area contributed by atoms with Crippen LogP contribution in [0.25, 0.3) is 0 Å². The Morgan fingerprint density at radius 3 is 2.78 bits per heavy atom. The van der Waals surface area contributed by atoms with E-state index in [1.807, 2.05) is 6.92 Å². The monoisotopic (exact) mass is 251 g/mol. The first-order valence-electron chi connectivity index (χ1n) is 6.12. The number of hydrogen-bond acceptors (Lipinski definition) is 4. The zero-order valence-corrected chi connectivity index (χ0v) is 10.9. The Bertz CT molecular complexity index is 407. The molecule has 1 rings (SSSR count). The molecule has 0 heterocycles. The third-order valence-corrected chi connectivity index (χ3v) is 2.69. The Kier molecular flexibility index (Phi) is 5.45. The molecule has 1 amide bonds. The number of amides is 1. The number of aliphatic hydroxyl groups is 1. The molecule has 18 heavy (non-hydrogen) atoms. The maximum atomic E-state index is 11.4. The van der Waals surface area contributed by atoms with Gasteiger partial charge in [-0.3, -0.25) is 4.79 Å². The molecule has 0 aliphatic heterocycles. The fraction of sp³-hybridized carbons (Fsp3) is 0.462. The van der Waals surface area contributed by atoms with Gasteiger partial charge in [-0.05, 0) is 24.6 Å². The second kappa shape index (κ2) is 6.86. The topological polar surface area (TPSA) is 87.4 Å². The molecule has 0 radical (unpaired) electrons. The molecule has 100 valence electrons. The summed E-state index contributed by atoms with van der Waals surface area (Å²) in [5.74, 6) is -0.167. The lowest BCUT2D eigenvalue weighted by Crippen LogP contribution is -2.20. The van der Waals surface area contributed by atoms with Gasteiger partial charge in [0.2, 0.25) is 0 Å². The van der Waals surface area contributed by atoms with Gasteiger partial charge < -0.3 is 21.5 Å². The molecule has 0 aliphatic carbocycles. The predicted molar refractivity (Wildman–Crippen MR) is 73.6 cm³/mol. The molecule has 0 fully saturated rings. The lowest BCUT2D eigenvalue weighted by Gasteiger charge is -2.14. The van der Waals surface area contributed by atoms with Crippen LogP contribution in [0.4, 0.5) is 11.4 Å². The fourth-order valence-corrected chi connectivity index (χ4v) is 1.67. The minimum Gasteiger partial charge on any atom is -0.397 e. The van der Waals surface area contributed by atoms with E-state index >= 15 is 0 Å². The van der Waals surface area contributed by atoms with Crippen molar-refractivity contribution in [1.82, 2.24) is 5.32 Å². The third kappa shape index (κ3) is 3.92. The summed E-state index contributed by atoms with van der Waals surface area (Å²) in [7, 11) is 1.58. The Morgan fingerprint density at radius 1 is 1.50 bits per heavy atom. The molecule has 5 nitrogen and oxygen atoms in total. The maximum absolute atomic E-state index is 11.4. The molecule has 0 saturated carbocycles. The van der Waals surface area contributed by atoms with E-state index in [9.17, 15) is 9.90 Å². The first-order valence-corrected chi connectivity index (χ1v) is 6.12. The average Bonchev–Trinajstić information content (AvgIpc) is 2.36. The summed E-state index contributed by atoms with van der Waals surface area (Å²) in [6.45, 7) is 2.48. The highest BCUT2D eigenvalue weighted by molar-refractivity contribution is 5.95. The van der Waals surface area contributed by atoms with E-state index in [0.29, 0.717) is 17.8 Å². The summed E-state index contributed by atoms with van der Waals surface area (Å²) < 4.78 is 0. The van der Waals surface area contributed by atoms with Crippen molar-refractivity contribution in [3.05, 3.63) is 23.8 Å². The van der Waals surface area contributed by atoms with Gasteiger partial charge in [-0.2, -0.15) is 0 Å². The van der Waals surface area contributed by atoms with Crippen LogP contribution in [0.5, 0.6) is 0 Å². The van der Waals surface area contributed by atoms with Crippen LogP contribution in [0.15, 0.2) is 18.2 Å². The summed E-state index contributed by atoms with van der Waals surface area (Å²) in [5, 5.41) is 15.2. The number of hydrogen-bond donors (Lipinski definition) is 4. The van der Waals surface area contributed by atoms with Gasteiger partial charge in [0.1, 0.15) is 0 Å². The van der Waals surface area contributed by atoms with Gasteiger partial charge >= 0.3 is 0 Å². The summed E-state index contributed by atoms with van der Waals surface area (Å²) in [4.78, 5) is 11.4. The highest BCUT2D eigenvalue weighted by Crippen LogP contribution is 2.20. The number of benzene rings is 1. The van der Waals surface area contributed by atoms with Gasteiger partial charge in [0.25, 0.3) is 5.91 Å². The quantitative estimate of drug-likeness (QED) is 0.572. The summed E-state index contributed by atoms with van der Waals surface area (Å²) >= 11 is 0. The van der Waals surface area contributed by atoms with E-state index in [1.54, 1.807) is 25.2 Å². The third-order valence-electron chi connectivity index (χ3n) is 2.69. The number of carbonyl (C=O) groups excluding carboxylic acids is 1. The minimum atomic E-state index is -0.381. The summed E-state index contributed by atoms with van der Waals surface area (Å²) in [5.41, 5.74) is 7.61. The molecular formula is C13H21N3O2. The summed E-state index contributed by atoms with van der Waals surface area (Å²) in [6.07, 6.45) is 1.31. The smallest absolute Gasteiger partial charge is 0.251 e. The number of nitrogen functional groups attached to an aromatic ring is 1. The largest absolute Gasteiger partial charge is 0.397 e. The number of anilines is 2. The minimum absolute atomic E-state index is 0.167. The van der Waals surface area contributed by atoms with Crippen molar-refractivity contribution in [3.63, 3.8) is 0 Å². The zero-order valence-electron chi connectivity index (χ0n) is 10.9. The molecule has 0 bridgehead atoms. The number of rotatable bonds is 6. The normalized spacial score (nSPS) is 11.9. The van der Waals surface area contributed by atoms with E-state index in [0.717, 1.165) is 18.5 Å². The first-order chi connectivity index (χ1) is 8.58. The first kappa shape index (κ1) is 14.3. The van der Waals surface area contributed by atoms with Crippen molar-refractivity contribution < 1.29 is 9.90 Å². The molecule has 5 N–H and O–H groups in total. The van der Waals surface area contributed by atoms with Crippen molar-refractivity contribution in [3.8, 4) is 0 Å².